The van der Waals surface area contributed by atoms with E-state index in [2.05, 4.69) is 0 Å². The highest BCUT2D eigenvalue weighted by molar-refractivity contribution is 6.04. The van der Waals surface area contributed by atoms with Crippen LogP contribution in [0.4, 0.5) is 5.69 Å². The molecule has 0 aliphatic carbocycles. The smallest absolute Gasteiger partial charge is 0.247 e. The van der Waals surface area contributed by atoms with Crippen molar-refractivity contribution in [2.24, 2.45) is 5.73 Å². The molecule has 5 heteroatoms. The fourth-order valence-corrected chi connectivity index (χ4v) is 1.89. The Morgan fingerprint density at radius 2 is 1.88 bits per heavy atom. The molecular formula is C12H15N3O2. The molecule has 1 heterocycles. The predicted octanol–water partition coefficient (Wildman–Crippen LogP) is -0.0497. The molecule has 2 N–H and O–H groups in total. The molecule has 1 aromatic carbocycles. The first-order valence-electron chi connectivity index (χ1n) is 5.45. The molecule has 1 aliphatic rings. The molecule has 1 aliphatic heterocycles. The normalized spacial score (nSPS) is 16.6. The van der Waals surface area contributed by atoms with Gasteiger partial charge in [0.05, 0.1) is 6.54 Å². The molecular weight excluding hydrogens is 218 g/mol. The Morgan fingerprint density at radius 3 is 2.59 bits per heavy atom. The maximum Gasteiger partial charge on any atom is 0.247 e. The van der Waals surface area contributed by atoms with Gasteiger partial charge in [0.2, 0.25) is 11.8 Å². The van der Waals surface area contributed by atoms with Gasteiger partial charge in [0.1, 0.15) is 6.54 Å². The van der Waals surface area contributed by atoms with Gasteiger partial charge in [-0.25, -0.2) is 0 Å². The van der Waals surface area contributed by atoms with Gasteiger partial charge in [-0.1, -0.05) is 18.2 Å². The zero-order valence-corrected chi connectivity index (χ0v) is 9.72. The molecule has 2 rings (SSSR count). The second-order valence-electron chi connectivity index (χ2n) is 4.06. The lowest BCUT2D eigenvalue weighted by atomic mass is 10.1. The standard InChI is InChI=1S/C12H15N3O2/c1-14-7-12(17)15(8-11(14)16)10-5-3-2-4-9(10)6-13/h2-5H,6-8,13H2,1H3. The molecule has 1 saturated heterocycles. The second kappa shape index (κ2) is 4.55. The number of piperazine rings is 1. The third-order valence-corrected chi connectivity index (χ3v) is 2.89. The van der Waals surface area contributed by atoms with Crippen LogP contribution >= 0.6 is 0 Å². The number of benzene rings is 1. The van der Waals surface area contributed by atoms with Crippen molar-refractivity contribution in [3.8, 4) is 0 Å². The third-order valence-electron chi connectivity index (χ3n) is 2.89. The summed E-state index contributed by atoms with van der Waals surface area (Å²) in [5, 5.41) is 0. The zero-order valence-electron chi connectivity index (χ0n) is 9.72. The number of hydrogen-bond acceptors (Lipinski definition) is 3. The van der Waals surface area contributed by atoms with E-state index in [-0.39, 0.29) is 24.9 Å². The average Bonchev–Trinajstić information content (AvgIpc) is 2.34. The summed E-state index contributed by atoms with van der Waals surface area (Å²) in [6, 6.07) is 7.39. The fourth-order valence-electron chi connectivity index (χ4n) is 1.89. The molecule has 0 bridgehead atoms. The van der Waals surface area contributed by atoms with E-state index in [1.54, 1.807) is 7.05 Å². The summed E-state index contributed by atoms with van der Waals surface area (Å²) < 4.78 is 0. The molecule has 0 spiro atoms. The lowest BCUT2D eigenvalue weighted by Gasteiger charge is -2.32. The summed E-state index contributed by atoms with van der Waals surface area (Å²) in [5.74, 6) is -0.135. The van der Waals surface area contributed by atoms with Crippen LogP contribution in [-0.4, -0.2) is 36.9 Å². The first kappa shape index (κ1) is 11.6. The predicted molar refractivity (Wildman–Crippen MR) is 64.3 cm³/mol. The molecule has 17 heavy (non-hydrogen) atoms. The van der Waals surface area contributed by atoms with Crippen LogP contribution in [-0.2, 0) is 16.1 Å². The van der Waals surface area contributed by atoms with Crippen LogP contribution in [0.2, 0.25) is 0 Å². The number of nitrogens with zero attached hydrogens (tertiary/aromatic N) is 2. The van der Waals surface area contributed by atoms with E-state index in [1.807, 2.05) is 24.3 Å². The zero-order chi connectivity index (χ0) is 12.4. The Bertz CT molecular complexity index is 459. The monoisotopic (exact) mass is 233 g/mol. The van der Waals surface area contributed by atoms with Gasteiger partial charge in [-0.2, -0.15) is 0 Å². The molecule has 0 aromatic heterocycles. The number of carbonyl (C=O) groups excluding carboxylic acids is 2. The average molecular weight is 233 g/mol. The number of rotatable bonds is 2. The van der Waals surface area contributed by atoms with Crippen molar-refractivity contribution in [2.75, 3.05) is 25.0 Å². The molecule has 90 valence electrons. The first-order valence-corrected chi connectivity index (χ1v) is 5.45. The molecule has 0 atom stereocenters. The molecule has 0 saturated carbocycles. The van der Waals surface area contributed by atoms with Gasteiger partial charge in [0.25, 0.3) is 0 Å². The molecule has 0 radical (unpaired) electrons. The highest BCUT2D eigenvalue weighted by Gasteiger charge is 2.29. The van der Waals surface area contributed by atoms with E-state index in [0.717, 1.165) is 11.3 Å². The van der Waals surface area contributed by atoms with Crippen LogP contribution in [0.5, 0.6) is 0 Å². The minimum Gasteiger partial charge on any atom is -0.335 e. The van der Waals surface area contributed by atoms with Gasteiger partial charge in [0, 0.05) is 19.3 Å². The quantitative estimate of drug-likeness (QED) is 0.778. The minimum atomic E-state index is -0.0759. The van der Waals surface area contributed by atoms with Gasteiger partial charge in [-0.15, -0.1) is 0 Å². The van der Waals surface area contributed by atoms with Crippen molar-refractivity contribution in [3.05, 3.63) is 29.8 Å². The number of likely N-dealkylation sites (N-methyl/N-ethyl adjacent to an activating group) is 1. The summed E-state index contributed by atoms with van der Waals surface area (Å²) in [6.45, 7) is 0.564. The largest absolute Gasteiger partial charge is 0.335 e. The number of para-hydroxylation sites is 1. The van der Waals surface area contributed by atoms with Crippen LogP contribution in [0.15, 0.2) is 24.3 Å². The van der Waals surface area contributed by atoms with E-state index in [4.69, 9.17) is 5.73 Å². The van der Waals surface area contributed by atoms with E-state index in [1.165, 1.54) is 9.80 Å². The number of nitrogens with two attached hydrogens (primary N) is 1. The lowest BCUT2D eigenvalue weighted by molar-refractivity contribution is -0.136. The summed E-state index contributed by atoms with van der Waals surface area (Å²) >= 11 is 0. The molecule has 0 unspecified atom stereocenters. The first-order chi connectivity index (χ1) is 8.13. The summed E-state index contributed by atoms with van der Waals surface area (Å²) in [4.78, 5) is 26.5. The molecule has 1 fully saturated rings. The van der Waals surface area contributed by atoms with E-state index < -0.39 is 0 Å². The van der Waals surface area contributed by atoms with Crippen molar-refractivity contribution in [2.45, 2.75) is 6.54 Å². The van der Waals surface area contributed by atoms with Crippen molar-refractivity contribution in [1.82, 2.24) is 4.90 Å². The third kappa shape index (κ3) is 2.14. The van der Waals surface area contributed by atoms with Crippen molar-refractivity contribution >= 4 is 17.5 Å². The molecule has 2 amide bonds. The van der Waals surface area contributed by atoms with E-state index >= 15 is 0 Å². The summed E-state index contributed by atoms with van der Waals surface area (Å²) in [5.41, 5.74) is 7.24. The number of amides is 2. The Hall–Kier alpha value is -1.88. The van der Waals surface area contributed by atoms with Crippen molar-refractivity contribution in [3.63, 3.8) is 0 Å². The minimum absolute atomic E-state index is 0.0589. The van der Waals surface area contributed by atoms with Crippen LogP contribution < -0.4 is 10.6 Å². The van der Waals surface area contributed by atoms with Gasteiger partial charge in [0.15, 0.2) is 0 Å². The van der Waals surface area contributed by atoms with E-state index in [0.29, 0.717) is 6.54 Å². The maximum atomic E-state index is 11.9. The van der Waals surface area contributed by atoms with Crippen LogP contribution in [0, 0.1) is 0 Å². The SMILES string of the molecule is CN1CC(=O)N(c2ccccc2CN)CC1=O. The Balaban J connectivity index is 2.33. The van der Waals surface area contributed by atoms with Crippen molar-refractivity contribution in [1.29, 1.82) is 0 Å². The van der Waals surface area contributed by atoms with E-state index in [9.17, 15) is 9.59 Å². The summed E-state index contributed by atoms with van der Waals surface area (Å²) in [7, 11) is 1.63. The highest BCUT2D eigenvalue weighted by atomic mass is 16.2. The topological polar surface area (TPSA) is 66.6 Å². The Kier molecular flexibility index (Phi) is 3.10. The van der Waals surface area contributed by atoms with Crippen LogP contribution in [0.3, 0.4) is 0 Å². The van der Waals surface area contributed by atoms with Gasteiger partial charge in [-0.05, 0) is 11.6 Å². The Morgan fingerprint density at radius 1 is 1.18 bits per heavy atom. The lowest BCUT2D eigenvalue weighted by Crippen LogP contribution is -2.52. The molecule has 1 aromatic rings. The van der Waals surface area contributed by atoms with Gasteiger partial charge in [-0.3, -0.25) is 9.59 Å². The summed E-state index contributed by atoms with van der Waals surface area (Å²) in [6.07, 6.45) is 0. The number of anilines is 1. The maximum absolute atomic E-state index is 11.9. The Labute approximate surface area is 99.8 Å². The van der Waals surface area contributed by atoms with Gasteiger partial charge < -0.3 is 15.5 Å². The van der Waals surface area contributed by atoms with Gasteiger partial charge >= 0.3 is 0 Å². The fraction of sp³-hybridized carbons (Fsp3) is 0.333. The van der Waals surface area contributed by atoms with Crippen molar-refractivity contribution < 1.29 is 9.59 Å². The number of carbonyl (C=O) groups is 2. The highest BCUT2D eigenvalue weighted by Crippen LogP contribution is 2.22. The number of hydrogen-bond donors (Lipinski definition) is 1. The molecule has 5 nitrogen and oxygen atoms in total. The van der Waals surface area contributed by atoms with Crippen LogP contribution in [0.1, 0.15) is 5.56 Å². The van der Waals surface area contributed by atoms with Crippen LogP contribution in [0.25, 0.3) is 0 Å². The second-order valence-corrected chi connectivity index (χ2v) is 4.06.